The van der Waals surface area contributed by atoms with Crippen LogP contribution in [0.25, 0.3) is 0 Å². The summed E-state index contributed by atoms with van der Waals surface area (Å²) in [5.74, 6) is 2.66. The molecule has 5 heteroatoms. The Kier molecular flexibility index (Phi) is 3.11. The van der Waals surface area contributed by atoms with Gasteiger partial charge in [0.1, 0.15) is 11.6 Å². The van der Waals surface area contributed by atoms with Crippen molar-refractivity contribution < 1.29 is 9.84 Å². The molecule has 0 aromatic carbocycles. The van der Waals surface area contributed by atoms with E-state index in [0.717, 1.165) is 57.0 Å². The minimum Gasteiger partial charge on any atom is -0.394 e. The van der Waals surface area contributed by atoms with Crippen LogP contribution in [0, 0.1) is 5.92 Å². The van der Waals surface area contributed by atoms with Crippen LogP contribution in [-0.4, -0.2) is 39.7 Å². The van der Waals surface area contributed by atoms with Gasteiger partial charge in [0.25, 0.3) is 0 Å². The number of fused-ring (bicyclic) bond motifs is 1. The molecule has 3 heterocycles. The summed E-state index contributed by atoms with van der Waals surface area (Å²) in [6, 6.07) is 0.186. The monoisotopic (exact) mass is 237 g/mol. The molecule has 94 valence electrons. The fraction of sp³-hybridized carbons (Fsp3) is 0.833. The molecular formula is C12H19N3O2. The largest absolute Gasteiger partial charge is 0.394 e. The molecule has 1 aromatic rings. The van der Waals surface area contributed by atoms with E-state index in [1.54, 1.807) is 0 Å². The molecule has 5 nitrogen and oxygen atoms in total. The zero-order chi connectivity index (χ0) is 11.7. The van der Waals surface area contributed by atoms with Crippen molar-refractivity contribution in [2.24, 2.45) is 5.92 Å². The van der Waals surface area contributed by atoms with Crippen LogP contribution < -0.4 is 0 Å². The Hall–Kier alpha value is -0.940. The maximum absolute atomic E-state index is 9.44. The standard InChI is InChI=1S/C12H19N3O2/c16-7-10-2-1-3-11-13-14-12(15(10)11)6-9-4-5-17-8-9/h9-10,16H,1-8H2. The highest BCUT2D eigenvalue weighted by Gasteiger charge is 2.26. The van der Waals surface area contributed by atoms with Crippen molar-refractivity contribution in [2.45, 2.75) is 38.1 Å². The first-order chi connectivity index (χ1) is 8.38. The predicted molar refractivity (Wildman–Crippen MR) is 61.7 cm³/mol. The molecule has 0 amide bonds. The third-order valence-electron chi connectivity index (χ3n) is 3.85. The van der Waals surface area contributed by atoms with E-state index in [2.05, 4.69) is 14.8 Å². The Labute approximate surface area is 101 Å². The minimum absolute atomic E-state index is 0.186. The lowest BCUT2D eigenvalue weighted by atomic mass is 10.0. The maximum Gasteiger partial charge on any atom is 0.133 e. The first-order valence-electron chi connectivity index (χ1n) is 6.49. The van der Waals surface area contributed by atoms with Crippen LogP contribution in [-0.2, 0) is 17.6 Å². The normalized spacial score (nSPS) is 28.3. The second-order valence-corrected chi connectivity index (χ2v) is 5.06. The molecule has 0 spiro atoms. The topological polar surface area (TPSA) is 60.2 Å². The van der Waals surface area contributed by atoms with Crippen molar-refractivity contribution in [1.29, 1.82) is 0 Å². The van der Waals surface area contributed by atoms with Crippen molar-refractivity contribution in [3.8, 4) is 0 Å². The van der Waals surface area contributed by atoms with Crippen LogP contribution in [0.5, 0.6) is 0 Å². The zero-order valence-corrected chi connectivity index (χ0v) is 10.0. The number of hydrogen-bond donors (Lipinski definition) is 1. The van der Waals surface area contributed by atoms with Gasteiger partial charge >= 0.3 is 0 Å². The van der Waals surface area contributed by atoms with Gasteiger partial charge in [0, 0.05) is 26.1 Å². The number of nitrogens with zero attached hydrogens (tertiary/aromatic N) is 3. The fourth-order valence-corrected chi connectivity index (χ4v) is 2.89. The Morgan fingerprint density at radius 2 is 2.29 bits per heavy atom. The average Bonchev–Trinajstić information content (AvgIpc) is 2.99. The summed E-state index contributed by atoms with van der Waals surface area (Å²) < 4.78 is 7.56. The molecule has 2 atom stereocenters. The van der Waals surface area contributed by atoms with Crippen LogP contribution >= 0.6 is 0 Å². The van der Waals surface area contributed by atoms with Gasteiger partial charge in [0.2, 0.25) is 0 Å². The van der Waals surface area contributed by atoms with E-state index >= 15 is 0 Å². The summed E-state index contributed by atoms with van der Waals surface area (Å²) in [4.78, 5) is 0. The lowest BCUT2D eigenvalue weighted by Crippen LogP contribution is -2.24. The maximum atomic E-state index is 9.44. The third-order valence-corrected chi connectivity index (χ3v) is 3.85. The van der Waals surface area contributed by atoms with E-state index in [9.17, 15) is 5.11 Å². The molecule has 2 aliphatic rings. The average molecular weight is 237 g/mol. The van der Waals surface area contributed by atoms with Gasteiger partial charge in [-0.05, 0) is 25.2 Å². The van der Waals surface area contributed by atoms with E-state index in [0.29, 0.717) is 5.92 Å². The zero-order valence-electron chi connectivity index (χ0n) is 10.0. The van der Waals surface area contributed by atoms with Crippen molar-refractivity contribution >= 4 is 0 Å². The van der Waals surface area contributed by atoms with Gasteiger partial charge in [-0.15, -0.1) is 10.2 Å². The van der Waals surface area contributed by atoms with E-state index in [4.69, 9.17) is 4.74 Å². The number of aliphatic hydroxyl groups is 1. The third kappa shape index (κ3) is 2.09. The lowest BCUT2D eigenvalue weighted by Gasteiger charge is -2.24. The highest BCUT2D eigenvalue weighted by atomic mass is 16.5. The van der Waals surface area contributed by atoms with Gasteiger partial charge in [-0.2, -0.15) is 0 Å². The fourth-order valence-electron chi connectivity index (χ4n) is 2.89. The molecule has 0 saturated carbocycles. The molecule has 2 aliphatic heterocycles. The molecule has 0 radical (unpaired) electrons. The summed E-state index contributed by atoms with van der Waals surface area (Å²) in [6.45, 7) is 1.90. The van der Waals surface area contributed by atoms with Gasteiger partial charge < -0.3 is 14.4 Å². The van der Waals surface area contributed by atoms with Gasteiger partial charge in [-0.1, -0.05) is 0 Å². The minimum atomic E-state index is 0.186. The SMILES string of the molecule is OCC1CCCc2nnc(CC3CCOC3)n21. The van der Waals surface area contributed by atoms with Crippen molar-refractivity contribution in [3.05, 3.63) is 11.6 Å². The summed E-state index contributed by atoms with van der Waals surface area (Å²) in [6.07, 6.45) is 5.19. The molecule has 1 N–H and O–H groups in total. The Balaban J connectivity index is 1.82. The predicted octanol–water partition coefficient (Wildman–Crippen LogP) is 0.727. The molecule has 1 fully saturated rings. The van der Waals surface area contributed by atoms with E-state index in [-0.39, 0.29) is 12.6 Å². The number of ether oxygens (including phenoxy) is 1. The molecule has 1 aromatic heterocycles. The second kappa shape index (κ2) is 4.74. The first kappa shape index (κ1) is 11.2. The summed E-state index contributed by atoms with van der Waals surface area (Å²) in [5.41, 5.74) is 0. The van der Waals surface area contributed by atoms with Crippen LogP contribution in [0.3, 0.4) is 0 Å². The van der Waals surface area contributed by atoms with Gasteiger partial charge in [0.05, 0.1) is 12.6 Å². The lowest BCUT2D eigenvalue weighted by molar-refractivity contribution is 0.183. The molecule has 3 rings (SSSR count). The summed E-state index contributed by atoms with van der Waals surface area (Å²) >= 11 is 0. The second-order valence-electron chi connectivity index (χ2n) is 5.06. The highest BCUT2D eigenvalue weighted by Crippen LogP contribution is 2.27. The van der Waals surface area contributed by atoms with Crippen LogP contribution in [0.15, 0.2) is 0 Å². The van der Waals surface area contributed by atoms with Gasteiger partial charge in [-0.3, -0.25) is 0 Å². The first-order valence-corrected chi connectivity index (χ1v) is 6.49. The van der Waals surface area contributed by atoms with Crippen LogP contribution in [0.1, 0.15) is 37.0 Å². The van der Waals surface area contributed by atoms with Crippen LogP contribution in [0.2, 0.25) is 0 Å². The summed E-state index contributed by atoms with van der Waals surface area (Å²) in [5, 5.41) is 18.0. The number of aliphatic hydroxyl groups excluding tert-OH is 1. The highest BCUT2D eigenvalue weighted by molar-refractivity contribution is 5.03. The number of aryl methyl sites for hydroxylation is 1. The quantitative estimate of drug-likeness (QED) is 0.841. The van der Waals surface area contributed by atoms with E-state index < -0.39 is 0 Å². The number of rotatable bonds is 3. The van der Waals surface area contributed by atoms with Crippen molar-refractivity contribution in [2.75, 3.05) is 19.8 Å². The molecular weight excluding hydrogens is 218 g/mol. The molecule has 0 aliphatic carbocycles. The van der Waals surface area contributed by atoms with E-state index in [1.165, 1.54) is 0 Å². The molecule has 2 unspecified atom stereocenters. The smallest absolute Gasteiger partial charge is 0.133 e. The van der Waals surface area contributed by atoms with Gasteiger partial charge in [0.15, 0.2) is 0 Å². The van der Waals surface area contributed by atoms with Gasteiger partial charge in [-0.25, -0.2) is 0 Å². The molecule has 1 saturated heterocycles. The van der Waals surface area contributed by atoms with Crippen molar-refractivity contribution in [1.82, 2.24) is 14.8 Å². The number of aromatic nitrogens is 3. The Bertz CT molecular complexity index is 385. The Morgan fingerprint density at radius 3 is 3.06 bits per heavy atom. The summed E-state index contributed by atoms with van der Waals surface area (Å²) in [7, 11) is 0. The van der Waals surface area contributed by atoms with E-state index in [1.807, 2.05) is 0 Å². The molecule has 17 heavy (non-hydrogen) atoms. The van der Waals surface area contributed by atoms with Crippen molar-refractivity contribution in [3.63, 3.8) is 0 Å². The van der Waals surface area contributed by atoms with Crippen LogP contribution in [0.4, 0.5) is 0 Å². The Morgan fingerprint density at radius 1 is 1.35 bits per heavy atom. The molecule has 0 bridgehead atoms. The number of hydrogen-bond acceptors (Lipinski definition) is 4.